The van der Waals surface area contributed by atoms with Gasteiger partial charge >= 0.3 is 11.7 Å². The average molecular weight is 344 g/mol. The normalized spacial score (nSPS) is 10.0. The molecule has 0 aliphatic rings. The highest BCUT2D eigenvalue weighted by Gasteiger charge is 2.23. The Morgan fingerprint density at radius 2 is 1.76 bits per heavy atom. The fourth-order valence-corrected chi connectivity index (χ4v) is 2.34. The van der Waals surface area contributed by atoms with E-state index in [1.54, 1.807) is 24.3 Å². The zero-order valence-electron chi connectivity index (χ0n) is 13.9. The molecule has 1 amide bonds. The van der Waals surface area contributed by atoms with Crippen LogP contribution in [-0.2, 0) is 4.74 Å². The number of rotatable bonds is 5. The zero-order chi connectivity index (χ0) is 18.6. The predicted octanol–water partition coefficient (Wildman–Crippen LogP) is 2.42. The van der Waals surface area contributed by atoms with E-state index in [-0.39, 0.29) is 22.9 Å². The van der Waals surface area contributed by atoms with Gasteiger partial charge in [-0.15, -0.1) is 0 Å². The molecule has 0 aliphatic carbocycles. The van der Waals surface area contributed by atoms with Gasteiger partial charge in [-0.3, -0.25) is 14.9 Å². The van der Waals surface area contributed by atoms with Gasteiger partial charge in [-0.2, -0.15) is 0 Å². The van der Waals surface area contributed by atoms with Gasteiger partial charge in [0.05, 0.1) is 24.7 Å². The molecule has 8 heteroatoms. The molecule has 130 valence electrons. The largest absolute Gasteiger partial charge is 0.490 e. The van der Waals surface area contributed by atoms with Gasteiger partial charge in [0.25, 0.3) is 5.91 Å². The zero-order valence-corrected chi connectivity index (χ0v) is 13.9. The van der Waals surface area contributed by atoms with Crippen molar-refractivity contribution in [2.45, 2.75) is 0 Å². The van der Waals surface area contributed by atoms with Crippen LogP contribution < -0.4 is 10.1 Å². The number of nitrogens with one attached hydrogen (secondary N) is 1. The third-order valence-electron chi connectivity index (χ3n) is 3.61. The minimum Gasteiger partial charge on any atom is -0.490 e. The fraction of sp³-hybridized carbons (Fsp3) is 0.176. The summed E-state index contributed by atoms with van der Waals surface area (Å²) in [6, 6.07) is 8.97. The second-order valence-electron chi connectivity index (χ2n) is 4.97. The highest BCUT2D eigenvalue weighted by Crippen LogP contribution is 2.36. The Hall–Kier alpha value is -3.42. The number of carbonyl (C=O) groups excluding carboxylic acids is 2. The molecule has 2 aromatic carbocycles. The molecule has 0 aromatic heterocycles. The first kappa shape index (κ1) is 17.9. The molecule has 0 aliphatic heterocycles. The lowest BCUT2D eigenvalue weighted by atomic mass is 9.97. The molecule has 8 nitrogen and oxygen atoms in total. The maximum Gasteiger partial charge on any atom is 0.338 e. The van der Waals surface area contributed by atoms with Crippen molar-refractivity contribution in [1.82, 2.24) is 5.32 Å². The lowest BCUT2D eigenvalue weighted by Gasteiger charge is -2.11. The first-order chi connectivity index (χ1) is 11.9. The minimum absolute atomic E-state index is 0.0167. The summed E-state index contributed by atoms with van der Waals surface area (Å²) in [5, 5.41) is 13.7. The molecule has 0 heterocycles. The van der Waals surface area contributed by atoms with Crippen LogP contribution in [0.2, 0.25) is 0 Å². The van der Waals surface area contributed by atoms with Gasteiger partial charge in [0.15, 0.2) is 5.75 Å². The summed E-state index contributed by atoms with van der Waals surface area (Å²) in [7, 11) is 4.02. The highest BCUT2D eigenvalue weighted by atomic mass is 16.6. The Balaban J connectivity index is 2.64. The number of nitrogens with zero attached hydrogens (tertiary/aromatic N) is 1. The molecule has 0 fully saturated rings. The Bertz CT molecular complexity index is 830. The third kappa shape index (κ3) is 3.57. The van der Waals surface area contributed by atoms with Crippen LogP contribution in [0, 0.1) is 10.1 Å². The van der Waals surface area contributed by atoms with Gasteiger partial charge in [0.2, 0.25) is 0 Å². The molecular formula is C17H16N2O6. The number of hydrogen-bond acceptors (Lipinski definition) is 6. The summed E-state index contributed by atoms with van der Waals surface area (Å²) in [5.41, 5.74) is 1.12. The SMILES string of the molecule is CNC(=O)c1ccc(-c2cc(OC)c([N+](=O)[O-])cc2C(=O)OC)cc1. The second kappa shape index (κ2) is 7.43. The van der Waals surface area contributed by atoms with Crippen LogP contribution >= 0.6 is 0 Å². The van der Waals surface area contributed by atoms with E-state index in [1.807, 2.05) is 0 Å². The Morgan fingerprint density at radius 3 is 2.24 bits per heavy atom. The summed E-state index contributed by atoms with van der Waals surface area (Å²) in [6.45, 7) is 0. The van der Waals surface area contributed by atoms with Gasteiger partial charge in [0.1, 0.15) is 0 Å². The van der Waals surface area contributed by atoms with E-state index < -0.39 is 10.9 Å². The van der Waals surface area contributed by atoms with E-state index >= 15 is 0 Å². The smallest absolute Gasteiger partial charge is 0.338 e. The summed E-state index contributed by atoms with van der Waals surface area (Å²) < 4.78 is 9.78. The summed E-state index contributed by atoms with van der Waals surface area (Å²) in [6.07, 6.45) is 0. The maximum atomic E-state index is 12.1. The monoisotopic (exact) mass is 344 g/mol. The number of nitro benzene ring substituents is 1. The molecule has 0 radical (unpaired) electrons. The number of benzene rings is 2. The maximum absolute atomic E-state index is 12.1. The Kier molecular flexibility index (Phi) is 5.33. The van der Waals surface area contributed by atoms with Crippen molar-refractivity contribution in [3.8, 4) is 16.9 Å². The average Bonchev–Trinajstić information content (AvgIpc) is 2.65. The van der Waals surface area contributed by atoms with Crippen molar-refractivity contribution in [2.24, 2.45) is 0 Å². The van der Waals surface area contributed by atoms with Crippen LogP contribution in [0.4, 0.5) is 5.69 Å². The Morgan fingerprint density at radius 1 is 1.12 bits per heavy atom. The van der Waals surface area contributed by atoms with Crippen LogP contribution in [0.15, 0.2) is 36.4 Å². The molecule has 2 aromatic rings. The third-order valence-corrected chi connectivity index (χ3v) is 3.61. The molecule has 25 heavy (non-hydrogen) atoms. The van der Waals surface area contributed by atoms with Crippen LogP contribution in [0.5, 0.6) is 5.75 Å². The van der Waals surface area contributed by atoms with Gasteiger partial charge in [-0.1, -0.05) is 12.1 Å². The van der Waals surface area contributed by atoms with E-state index in [9.17, 15) is 19.7 Å². The van der Waals surface area contributed by atoms with Crippen LogP contribution in [0.3, 0.4) is 0 Å². The van der Waals surface area contributed by atoms with Crippen molar-refractivity contribution < 1.29 is 24.0 Å². The number of carbonyl (C=O) groups is 2. The quantitative estimate of drug-likeness (QED) is 0.507. The van der Waals surface area contributed by atoms with Crippen LogP contribution in [0.25, 0.3) is 11.1 Å². The minimum atomic E-state index is -0.712. The van der Waals surface area contributed by atoms with E-state index in [1.165, 1.54) is 27.3 Å². The van der Waals surface area contributed by atoms with E-state index in [0.29, 0.717) is 16.7 Å². The second-order valence-corrected chi connectivity index (χ2v) is 4.97. The number of ether oxygens (including phenoxy) is 2. The highest BCUT2D eigenvalue weighted by molar-refractivity contribution is 5.99. The summed E-state index contributed by atoms with van der Waals surface area (Å²) >= 11 is 0. The van der Waals surface area contributed by atoms with Crippen molar-refractivity contribution in [3.05, 3.63) is 57.6 Å². The standard InChI is InChI=1S/C17H16N2O6/c1-18-16(20)11-6-4-10(5-7-11)12-9-15(24-2)14(19(22)23)8-13(12)17(21)25-3/h4-9H,1-3H3,(H,18,20). The fourth-order valence-electron chi connectivity index (χ4n) is 2.34. The van der Waals surface area contributed by atoms with E-state index in [0.717, 1.165) is 6.07 Å². The van der Waals surface area contributed by atoms with Gasteiger partial charge in [-0.25, -0.2) is 4.79 Å². The lowest BCUT2D eigenvalue weighted by Crippen LogP contribution is -2.17. The molecule has 0 unspecified atom stereocenters. The van der Waals surface area contributed by atoms with Crippen LogP contribution in [-0.4, -0.2) is 38.1 Å². The van der Waals surface area contributed by atoms with Crippen LogP contribution in [0.1, 0.15) is 20.7 Å². The number of methoxy groups -OCH3 is 2. The predicted molar refractivity (Wildman–Crippen MR) is 89.8 cm³/mol. The topological polar surface area (TPSA) is 108 Å². The van der Waals surface area contributed by atoms with Crippen molar-refractivity contribution in [3.63, 3.8) is 0 Å². The van der Waals surface area contributed by atoms with Gasteiger partial charge < -0.3 is 14.8 Å². The van der Waals surface area contributed by atoms with Gasteiger partial charge in [0, 0.05) is 24.2 Å². The molecule has 0 saturated heterocycles. The molecule has 0 saturated carbocycles. The lowest BCUT2D eigenvalue weighted by molar-refractivity contribution is -0.385. The van der Waals surface area contributed by atoms with Crippen molar-refractivity contribution in [2.75, 3.05) is 21.3 Å². The summed E-state index contributed by atoms with van der Waals surface area (Å²) in [5.74, 6) is -0.944. The Labute approximate surface area is 143 Å². The van der Waals surface area contributed by atoms with E-state index in [4.69, 9.17) is 9.47 Å². The number of esters is 1. The molecule has 0 bridgehead atoms. The first-order valence-corrected chi connectivity index (χ1v) is 7.20. The van der Waals surface area contributed by atoms with Crippen molar-refractivity contribution in [1.29, 1.82) is 0 Å². The van der Waals surface area contributed by atoms with Gasteiger partial charge in [-0.05, 0) is 23.8 Å². The molecule has 0 atom stereocenters. The molecule has 2 rings (SSSR count). The van der Waals surface area contributed by atoms with Crippen molar-refractivity contribution >= 4 is 17.6 Å². The number of amides is 1. The molecule has 1 N–H and O–H groups in total. The molecule has 0 spiro atoms. The first-order valence-electron chi connectivity index (χ1n) is 7.20. The number of hydrogen-bond donors (Lipinski definition) is 1. The number of nitro groups is 1. The molecular weight excluding hydrogens is 328 g/mol. The van der Waals surface area contributed by atoms with E-state index in [2.05, 4.69) is 5.32 Å². The summed E-state index contributed by atoms with van der Waals surface area (Å²) in [4.78, 5) is 34.2.